The number of hydrogen-bond acceptors (Lipinski definition) is 8. The fourth-order valence-corrected chi connectivity index (χ4v) is 5.90. The van der Waals surface area contributed by atoms with Gasteiger partial charge in [0.25, 0.3) is 0 Å². The van der Waals surface area contributed by atoms with Gasteiger partial charge in [0.15, 0.2) is 11.0 Å². The van der Waals surface area contributed by atoms with Crippen molar-refractivity contribution in [1.82, 2.24) is 19.5 Å². The average molecular weight is 522 g/mol. The van der Waals surface area contributed by atoms with Crippen molar-refractivity contribution in [2.24, 2.45) is 16.5 Å². The number of rotatable bonds is 12. The molecule has 0 unspecified atom stereocenters. The molecule has 0 radical (unpaired) electrons. The molecule has 1 aliphatic heterocycles. The van der Waals surface area contributed by atoms with Crippen LogP contribution < -0.4 is 16.8 Å². The zero-order chi connectivity index (χ0) is 25.3. The van der Waals surface area contributed by atoms with E-state index in [2.05, 4.69) is 15.3 Å². The highest BCUT2D eigenvalue weighted by Crippen LogP contribution is 2.14. The number of nitrogens with two attached hydrogens (primary N) is 2. The Labute approximate surface area is 209 Å². The van der Waals surface area contributed by atoms with Crippen molar-refractivity contribution >= 4 is 39.0 Å². The highest BCUT2D eigenvalue weighted by Gasteiger charge is 2.29. The number of ketones is 1. The number of thiazole rings is 1. The number of nitrogens with zero attached hydrogens (tertiary/aromatic N) is 4. The Morgan fingerprint density at radius 3 is 2.49 bits per heavy atom. The second-order valence-corrected chi connectivity index (χ2v) is 11.1. The maximum absolute atomic E-state index is 12.8. The van der Waals surface area contributed by atoms with Crippen molar-refractivity contribution in [1.29, 1.82) is 0 Å². The molecule has 1 saturated heterocycles. The first-order valence-corrected chi connectivity index (χ1v) is 13.8. The van der Waals surface area contributed by atoms with Gasteiger partial charge in [-0.1, -0.05) is 30.3 Å². The summed E-state index contributed by atoms with van der Waals surface area (Å²) in [5.74, 6) is -0.631. The molecule has 2 heterocycles. The number of aromatic nitrogens is 1. The number of aliphatic imine (C=N–C) groups is 1. The maximum atomic E-state index is 12.8. The van der Waals surface area contributed by atoms with Gasteiger partial charge in [-0.2, -0.15) is 4.31 Å². The third-order valence-electron chi connectivity index (χ3n) is 5.52. The van der Waals surface area contributed by atoms with E-state index in [1.807, 2.05) is 23.1 Å². The zero-order valence-corrected chi connectivity index (χ0v) is 21.0. The smallest absolute Gasteiger partial charge is 0.234 e. The number of amides is 1. The summed E-state index contributed by atoms with van der Waals surface area (Å²) in [6.45, 7) is 1.89. The molecule has 2 aromatic rings. The van der Waals surface area contributed by atoms with Crippen LogP contribution in [-0.2, 0) is 20.6 Å². The summed E-state index contributed by atoms with van der Waals surface area (Å²) in [6.07, 6.45) is 2.42. The third-order valence-corrected chi connectivity index (χ3v) is 8.16. The number of piperazine rings is 1. The first-order chi connectivity index (χ1) is 16.7. The molecule has 0 bridgehead atoms. The molecule has 1 amide bonds. The van der Waals surface area contributed by atoms with E-state index in [0.717, 1.165) is 5.56 Å². The largest absolute Gasteiger partial charge is 0.370 e. The minimum Gasteiger partial charge on any atom is -0.370 e. The maximum Gasteiger partial charge on any atom is 0.234 e. The topological polar surface area (TPSA) is 164 Å². The molecule has 1 fully saturated rings. The molecule has 0 aliphatic carbocycles. The van der Waals surface area contributed by atoms with Gasteiger partial charge in [0.05, 0.1) is 18.3 Å². The van der Waals surface area contributed by atoms with Gasteiger partial charge in [-0.05, 0) is 18.4 Å². The van der Waals surface area contributed by atoms with Crippen LogP contribution in [0.15, 0.2) is 46.9 Å². The van der Waals surface area contributed by atoms with Crippen LogP contribution in [0.5, 0.6) is 0 Å². The molecule has 13 heteroatoms. The second kappa shape index (κ2) is 12.7. The first-order valence-electron chi connectivity index (χ1n) is 11.3. The zero-order valence-electron chi connectivity index (χ0n) is 19.4. The lowest BCUT2D eigenvalue weighted by atomic mass is 10.1. The summed E-state index contributed by atoms with van der Waals surface area (Å²) in [5, 5.41) is 4.84. The number of guanidine groups is 1. The molecule has 190 valence electrons. The normalized spacial score (nSPS) is 15.9. The number of Topliss-reactive ketones (excluding diaryl/α,β-unsaturated/α-hetero) is 1. The summed E-state index contributed by atoms with van der Waals surface area (Å²) in [6, 6.07) is 8.32. The van der Waals surface area contributed by atoms with E-state index in [1.54, 1.807) is 23.7 Å². The van der Waals surface area contributed by atoms with E-state index in [9.17, 15) is 18.0 Å². The number of carbonyl (C=O) groups excluding carboxylic acids is 2. The number of hydrogen-bond donors (Lipinski definition) is 3. The van der Waals surface area contributed by atoms with E-state index in [1.165, 1.54) is 15.6 Å². The minimum absolute atomic E-state index is 0.0261. The molecule has 11 nitrogen and oxygen atoms in total. The van der Waals surface area contributed by atoms with E-state index >= 15 is 0 Å². The molecule has 0 saturated carbocycles. The Morgan fingerprint density at radius 1 is 1.14 bits per heavy atom. The molecule has 1 aromatic carbocycles. The molecule has 5 N–H and O–H groups in total. The lowest BCUT2D eigenvalue weighted by Gasteiger charge is -2.33. The SMILES string of the molecule is NC(N)=NCCC[C@@H](NC(=O)CN1CCN(S(=O)(=O)Cc2ccccc2)CC1)C(=O)c1nccs1. The number of carbonyl (C=O) groups is 2. The van der Waals surface area contributed by atoms with Crippen LogP contribution in [0.25, 0.3) is 0 Å². The van der Waals surface area contributed by atoms with Crippen molar-refractivity contribution < 1.29 is 18.0 Å². The number of sulfonamides is 1. The van der Waals surface area contributed by atoms with Crippen LogP contribution in [-0.4, -0.2) is 85.6 Å². The van der Waals surface area contributed by atoms with Crippen molar-refractivity contribution in [3.63, 3.8) is 0 Å². The first kappa shape index (κ1) is 26.7. The average Bonchev–Trinajstić information content (AvgIpc) is 3.36. The second-order valence-electron chi connectivity index (χ2n) is 8.19. The van der Waals surface area contributed by atoms with Crippen molar-refractivity contribution in [3.05, 3.63) is 52.5 Å². The van der Waals surface area contributed by atoms with Gasteiger partial charge in [0, 0.05) is 44.3 Å². The lowest BCUT2D eigenvalue weighted by Crippen LogP contribution is -2.52. The Bertz CT molecular complexity index is 1100. The van der Waals surface area contributed by atoms with Gasteiger partial charge < -0.3 is 16.8 Å². The van der Waals surface area contributed by atoms with Crippen molar-refractivity contribution in [2.75, 3.05) is 39.3 Å². The van der Waals surface area contributed by atoms with E-state index in [4.69, 9.17) is 11.5 Å². The van der Waals surface area contributed by atoms with Gasteiger partial charge in [-0.3, -0.25) is 19.5 Å². The Kier molecular flexibility index (Phi) is 9.72. The minimum atomic E-state index is -3.44. The summed E-state index contributed by atoms with van der Waals surface area (Å²) < 4.78 is 27.0. The summed E-state index contributed by atoms with van der Waals surface area (Å²) in [4.78, 5) is 35.4. The molecule has 35 heavy (non-hydrogen) atoms. The summed E-state index contributed by atoms with van der Waals surface area (Å²) in [5.41, 5.74) is 11.4. The van der Waals surface area contributed by atoms with Gasteiger partial charge >= 0.3 is 0 Å². The highest BCUT2D eigenvalue weighted by atomic mass is 32.2. The fraction of sp³-hybridized carbons (Fsp3) is 0.455. The van der Waals surface area contributed by atoms with Crippen molar-refractivity contribution in [2.45, 2.75) is 24.6 Å². The predicted molar refractivity (Wildman–Crippen MR) is 135 cm³/mol. The Balaban J connectivity index is 1.51. The fourth-order valence-electron chi connectivity index (χ4n) is 3.75. The summed E-state index contributed by atoms with van der Waals surface area (Å²) >= 11 is 1.22. The number of benzene rings is 1. The van der Waals surface area contributed by atoms with Crippen LogP contribution in [0.4, 0.5) is 0 Å². The van der Waals surface area contributed by atoms with Crippen molar-refractivity contribution in [3.8, 4) is 0 Å². The molecule has 3 rings (SSSR count). The number of nitrogens with one attached hydrogen (secondary N) is 1. The van der Waals surface area contributed by atoms with Crippen LogP contribution in [0, 0.1) is 0 Å². The van der Waals surface area contributed by atoms with E-state index in [-0.39, 0.29) is 29.9 Å². The van der Waals surface area contributed by atoms with Gasteiger partial charge in [0.1, 0.15) is 0 Å². The summed E-state index contributed by atoms with van der Waals surface area (Å²) in [7, 11) is -3.44. The third kappa shape index (κ3) is 8.38. The molecule has 1 aliphatic rings. The quantitative estimate of drug-likeness (QED) is 0.152. The molecular formula is C22H31N7O4S2. The lowest BCUT2D eigenvalue weighted by molar-refractivity contribution is -0.123. The van der Waals surface area contributed by atoms with Crippen LogP contribution in [0.2, 0.25) is 0 Å². The predicted octanol–water partition coefficient (Wildman–Crippen LogP) is 0.0118. The highest BCUT2D eigenvalue weighted by molar-refractivity contribution is 7.88. The monoisotopic (exact) mass is 521 g/mol. The Hall–Kier alpha value is -2.87. The standard InChI is InChI=1S/C22H31N7O4S2/c23-22(24)26-8-4-7-18(20(31)21-25-9-14-34-21)27-19(30)15-28-10-12-29(13-11-28)35(32,33)16-17-5-2-1-3-6-17/h1-3,5-6,9,14,18H,4,7-8,10-13,15-16H2,(H,27,30)(H4,23,24,26)/t18-/m1/s1. The molecular weight excluding hydrogens is 490 g/mol. The molecule has 1 atom stereocenters. The van der Waals surface area contributed by atoms with E-state index < -0.39 is 16.1 Å². The molecule has 0 spiro atoms. The molecule has 1 aromatic heterocycles. The van der Waals surface area contributed by atoms with Crippen LogP contribution >= 0.6 is 11.3 Å². The van der Waals surface area contributed by atoms with Gasteiger partial charge in [-0.25, -0.2) is 13.4 Å². The van der Waals surface area contributed by atoms with Crippen LogP contribution in [0.1, 0.15) is 28.2 Å². The van der Waals surface area contributed by atoms with E-state index in [0.29, 0.717) is 50.6 Å². The van der Waals surface area contributed by atoms with Gasteiger partial charge in [0.2, 0.25) is 21.7 Å². The van der Waals surface area contributed by atoms with Gasteiger partial charge in [-0.15, -0.1) is 11.3 Å². The van der Waals surface area contributed by atoms with Crippen LogP contribution in [0.3, 0.4) is 0 Å². The Morgan fingerprint density at radius 2 is 1.86 bits per heavy atom.